The van der Waals surface area contributed by atoms with Gasteiger partial charge in [-0.15, -0.1) is 0 Å². The summed E-state index contributed by atoms with van der Waals surface area (Å²) in [5.41, 5.74) is 1.87. The van der Waals surface area contributed by atoms with Crippen LogP contribution in [0.3, 0.4) is 0 Å². The first-order valence-electron chi connectivity index (χ1n) is 28.0. The van der Waals surface area contributed by atoms with Crippen LogP contribution in [-0.2, 0) is 0 Å². The molecule has 0 heterocycles. The first-order valence-corrected chi connectivity index (χ1v) is 28.0. The van der Waals surface area contributed by atoms with Crippen molar-refractivity contribution in [3.05, 3.63) is 138 Å². The molecular formula is C64H83NO9. The van der Waals surface area contributed by atoms with Crippen molar-refractivity contribution in [2.45, 2.75) is 181 Å². The molecule has 10 nitrogen and oxygen atoms in total. The highest BCUT2D eigenvalue weighted by atomic mass is 16.5. The number of rotatable bonds is 38. The van der Waals surface area contributed by atoms with Crippen LogP contribution in [-0.4, -0.2) is 42.4 Å². The number of carbonyl (C=O) groups excluding carboxylic acids is 3. The number of phenols is 1. The average molecular weight is 1010 g/mol. The molecule has 0 aromatic heterocycles. The Labute approximate surface area is 442 Å². The maximum Gasteiger partial charge on any atom is 0.343 e. The Bertz CT molecular complexity index is 2380. The van der Waals surface area contributed by atoms with Gasteiger partial charge in [0.2, 0.25) is 0 Å². The molecule has 0 fully saturated rings. The van der Waals surface area contributed by atoms with Crippen molar-refractivity contribution >= 4 is 29.8 Å². The summed E-state index contributed by atoms with van der Waals surface area (Å²) in [5.74, 6) is 0.321. The monoisotopic (exact) mass is 1010 g/mol. The highest BCUT2D eigenvalue weighted by Crippen LogP contribution is 2.27. The fourth-order valence-corrected chi connectivity index (χ4v) is 8.62. The Balaban J connectivity index is 0.949. The van der Waals surface area contributed by atoms with Gasteiger partial charge in [0, 0.05) is 23.9 Å². The number of ether oxygens (including phenoxy) is 5. The molecule has 0 saturated carbocycles. The third-order valence-electron chi connectivity index (χ3n) is 13.1. The summed E-state index contributed by atoms with van der Waals surface area (Å²) in [4.78, 5) is 43.2. The Hall–Kier alpha value is -6.42. The number of aliphatic imine (C=N–C) groups is 1. The molecule has 0 aliphatic rings. The predicted molar refractivity (Wildman–Crippen MR) is 298 cm³/mol. The van der Waals surface area contributed by atoms with Crippen molar-refractivity contribution < 1.29 is 43.2 Å². The number of carbonyl (C=O) groups is 3. The fourth-order valence-electron chi connectivity index (χ4n) is 8.62. The zero-order valence-corrected chi connectivity index (χ0v) is 44.5. The predicted octanol–water partition coefficient (Wildman–Crippen LogP) is 17.7. The van der Waals surface area contributed by atoms with Crippen LogP contribution in [0.2, 0.25) is 0 Å². The van der Waals surface area contributed by atoms with Gasteiger partial charge in [-0.25, -0.2) is 14.4 Å². The number of phenolic OH excluding ortho intramolecular Hbond substituents is 1. The maximum absolute atomic E-state index is 13.0. The van der Waals surface area contributed by atoms with Gasteiger partial charge in [-0.2, -0.15) is 0 Å². The van der Waals surface area contributed by atoms with Gasteiger partial charge in [0.1, 0.15) is 34.5 Å². The second-order valence-electron chi connectivity index (χ2n) is 19.4. The SMILES string of the molecule is CCCCCCCCCCCCCCCCOc1ccc(C(=O)Oc2ccc(C(=O)Oc3cccc(N=Cc4ccc(OC(=O)c5ccc(OCCCCCCCCCCCCCC)cc5)cc4O)c3)cc2)cc1. The fraction of sp³-hybridized carbons (Fsp3) is 0.469. The van der Waals surface area contributed by atoms with Gasteiger partial charge >= 0.3 is 17.9 Å². The molecule has 0 aliphatic carbocycles. The van der Waals surface area contributed by atoms with Crippen LogP contribution in [0.25, 0.3) is 0 Å². The molecule has 1 N–H and O–H groups in total. The first kappa shape index (κ1) is 58.5. The first-order chi connectivity index (χ1) is 36.3. The number of unbranched alkanes of at least 4 members (excludes halogenated alkanes) is 24. The summed E-state index contributed by atoms with van der Waals surface area (Å²) in [6.45, 7) is 5.81. The molecule has 74 heavy (non-hydrogen) atoms. The third kappa shape index (κ3) is 23.6. The lowest BCUT2D eigenvalue weighted by Gasteiger charge is -2.09. The molecule has 0 aliphatic heterocycles. The highest BCUT2D eigenvalue weighted by molar-refractivity contribution is 5.93. The van der Waals surface area contributed by atoms with Crippen LogP contribution in [0.15, 0.2) is 120 Å². The second kappa shape index (κ2) is 35.7. The van der Waals surface area contributed by atoms with E-state index in [1.807, 2.05) is 0 Å². The molecule has 0 amide bonds. The van der Waals surface area contributed by atoms with E-state index < -0.39 is 17.9 Å². The van der Waals surface area contributed by atoms with E-state index in [0.717, 1.165) is 25.7 Å². The van der Waals surface area contributed by atoms with Crippen molar-refractivity contribution in [1.82, 2.24) is 0 Å². The van der Waals surface area contributed by atoms with Crippen LogP contribution in [0.4, 0.5) is 5.69 Å². The minimum atomic E-state index is -0.606. The van der Waals surface area contributed by atoms with E-state index in [-0.39, 0.29) is 28.6 Å². The smallest absolute Gasteiger partial charge is 0.343 e. The molecule has 0 atom stereocenters. The summed E-state index contributed by atoms with van der Waals surface area (Å²) < 4.78 is 28.5. The van der Waals surface area contributed by atoms with Crippen molar-refractivity contribution in [2.75, 3.05) is 13.2 Å². The third-order valence-corrected chi connectivity index (χ3v) is 13.1. The largest absolute Gasteiger partial charge is 0.507 e. The number of hydrogen-bond donors (Lipinski definition) is 1. The number of esters is 3. The molecule has 0 unspecified atom stereocenters. The minimum absolute atomic E-state index is 0.134. The summed E-state index contributed by atoms with van der Waals surface area (Å²) in [6, 6.07) is 31.1. The molecule has 0 bridgehead atoms. The lowest BCUT2D eigenvalue weighted by atomic mass is 10.0. The lowest BCUT2D eigenvalue weighted by Crippen LogP contribution is -2.10. The number of benzene rings is 5. The van der Waals surface area contributed by atoms with Crippen LogP contribution >= 0.6 is 0 Å². The molecule has 0 radical (unpaired) electrons. The number of aromatic hydroxyl groups is 1. The van der Waals surface area contributed by atoms with Gasteiger partial charge in [-0.1, -0.05) is 174 Å². The Morgan fingerprint density at radius 2 is 0.730 bits per heavy atom. The summed E-state index contributed by atoms with van der Waals surface area (Å²) >= 11 is 0. The summed E-state index contributed by atoms with van der Waals surface area (Å²) in [7, 11) is 0. The van der Waals surface area contributed by atoms with E-state index in [2.05, 4.69) is 18.8 Å². The average Bonchev–Trinajstić information content (AvgIpc) is 3.41. The van der Waals surface area contributed by atoms with Gasteiger partial charge < -0.3 is 28.8 Å². The van der Waals surface area contributed by atoms with E-state index in [1.165, 1.54) is 178 Å². The van der Waals surface area contributed by atoms with E-state index in [0.29, 0.717) is 47.1 Å². The van der Waals surface area contributed by atoms with Crippen molar-refractivity contribution in [3.63, 3.8) is 0 Å². The van der Waals surface area contributed by atoms with E-state index in [9.17, 15) is 19.5 Å². The second-order valence-corrected chi connectivity index (χ2v) is 19.4. The van der Waals surface area contributed by atoms with Gasteiger partial charge in [0.25, 0.3) is 0 Å². The number of hydrogen-bond acceptors (Lipinski definition) is 10. The standard InChI is InChI=1S/C64H83NO9/c1-3-5-7-9-11-13-15-17-18-20-22-24-26-27-46-70-56-39-32-51(33-40-56)62(67)72-58-43-36-53(37-44-58)63(68)73-59-31-29-30-55(48-59)65-50-54-38-45-60(49-61(54)66)74-64(69)52-34-41-57(42-35-52)71-47-28-25-23-21-19-16-14-12-10-8-6-4-2/h29-45,48-50,66H,3-28,46-47H2,1-2H3. The summed E-state index contributed by atoms with van der Waals surface area (Å²) in [5, 5.41) is 10.7. The van der Waals surface area contributed by atoms with Crippen LogP contribution in [0.5, 0.6) is 34.5 Å². The molecule has 5 aromatic carbocycles. The highest BCUT2D eigenvalue weighted by Gasteiger charge is 2.14. The zero-order chi connectivity index (χ0) is 52.3. The van der Waals surface area contributed by atoms with Gasteiger partial charge in [-0.3, -0.25) is 4.99 Å². The molecule has 5 rings (SSSR count). The molecular weight excluding hydrogens is 927 g/mol. The molecule has 5 aromatic rings. The molecule has 0 saturated heterocycles. The topological polar surface area (TPSA) is 130 Å². The van der Waals surface area contributed by atoms with E-state index in [1.54, 1.807) is 84.9 Å². The maximum atomic E-state index is 13.0. The van der Waals surface area contributed by atoms with Crippen LogP contribution < -0.4 is 23.7 Å². The Kier molecular flexibility index (Phi) is 28.2. The van der Waals surface area contributed by atoms with Crippen LogP contribution in [0, 0.1) is 0 Å². The van der Waals surface area contributed by atoms with E-state index in [4.69, 9.17) is 23.7 Å². The van der Waals surface area contributed by atoms with Gasteiger partial charge in [-0.05, 0) is 110 Å². The molecule has 398 valence electrons. The van der Waals surface area contributed by atoms with Crippen molar-refractivity contribution in [2.24, 2.45) is 4.99 Å². The molecule has 10 heteroatoms. The lowest BCUT2D eigenvalue weighted by molar-refractivity contribution is 0.0723. The van der Waals surface area contributed by atoms with Gasteiger partial charge in [0.05, 0.1) is 35.6 Å². The zero-order valence-electron chi connectivity index (χ0n) is 44.5. The Morgan fingerprint density at radius 1 is 0.392 bits per heavy atom. The molecule has 0 spiro atoms. The Morgan fingerprint density at radius 3 is 1.12 bits per heavy atom. The minimum Gasteiger partial charge on any atom is -0.507 e. The van der Waals surface area contributed by atoms with Gasteiger partial charge in [0.15, 0.2) is 0 Å². The number of nitrogens with zero attached hydrogens (tertiary/aromatic N) is 1. The van der Waals surface area contributed by atoms with Crippen LogP contribution in [0.1, 0.15) is 217 Å². The summed E-state index contributed by atoms with van der Waals surface area (Å²) in [6.07, 6.45) is 35.3. The quantitative estimate of drug-likeness (QED) is 0.0178. The van der Waals surface area contributed by atoms with Crippen molar-refractivity contribution in [3.8, 4) is 34.5 Å². The normalized spacial score (nSPS) is 11.2. The van der Waals surface area contributed by atoms with Crippen molar-refractivity contribution in [1.29, 1.82) is 0 Å². The van der Waals surface area contributed by atoms with E-state index >= 15 is 0 Å².